The van der Waals surface area contributed by atoms with Crippen molar-refractivity contribution in [1.82, 2.24) is 0 Å². The molecule has 4 aliphatic rings. The molecule has 4 rings (SSSR count). The number of aliphatic hydroxyl groups is 2. The Kier molecular flexibility index (Phi) is 5.34. The van der Waals surface area contributed by atoms with E-state index < -0.39 is 66.2 Å². The molecule has 0 bridgehead atoms. The first-order valence-electron chi connectivity index (χ1n) is 10.9. The van der Waals surface area contributed by atoms with Crippen molar-refractivity contribution in [3.8, 4) is 0 Å². The lowest BCUT2D eigenvalue weighted by atomic mass is 9.44. The third-order valence-electron chi connectivity index (χ3n) is 9.01. The quantitative estimate of drug-likeness (QED) is 0.456. The highest BCUT2D eigenvalue weighted by atomic mass is 31.2. The molecule has 0 aliphatic heterocycles. The van der Waals surface area contributed by atoms with Crippen LogP contribution in [0.1, 0.15) is 46.5 Å². The van der Waals surface area contributed by atoms with E-state index in [0.29, 0.717) is 24.8 Å². The minimum atomic E-state index is -4.93. The Labute approximate surface area is 185 Å². The van der Waals surface area contributed by atoms with Gasteiger partial charge in [0.2, 0.25) is 0 Å². The van der Waals surface area contributed by atoms with Crippen molar-refractivity contribution >= 4 is 19.4 Å². The van der Waals surface area contributed by atoms with Crippen LogP contribution in [0.5, 0.6) is 0 Å². The molecule has 10 heteroatoms. The fourth-order valence-corrected chi connectivity index (χ4v) is 7.68. The number of carbonyl (C=O) groups excluding carboxylic acids is 2. The zero-order valence-electron chi connectivity index (χ0n) is 18.3. The molecule has 0 spiro atoms. The van der Waals surface area contributed by atoms with Crippen LogP contribution in [-0.4, -0.2) is 55.5 Å². The Morgan fingerprint density at radius 3 is 2.59 bits per heavy atom. The molecule has 0 radical (unpaired) electrons. The van der Waals surface area contributed by atoms with Crippen molar-refractivity contribution in [1.29, 1.82) is 0 Å². The van der Waals surface area contributed by atoms with Gasteiger partial charge in [0, 0.05) is 16.7 Å². The fourth-order valence-electron chi connectivity index (χ4n) is 7.39. The summed E-state index contributed by atoms with van der Waals surface area (Å²) in [6, 6.07) is 0. The molecule has 0 amide bonds. The average Bonchev–Trinajstić information content (AvgIpc) is 2.89. The highest BCUT2D eigenvalue weighted by Crippen LogP contribution is 2.70. The van der Waals surface area contributed by atoms with E-state index in [1.807, 2.05) is 0 Å². The molecule has 0 unspecified atom stereocenters. The van der Waals surface area contributed by atoms with Crippen molar-refractivity contribution in [2.24, 2.45) is 28.6 Å². The molecule has 0 aromatic rings. The van der Waals surface area contributed by atoms with Gasteiger partial charge in [-0.25, -0.2) is 8.96 Å². The number of fused-ring (bicyclic) bond motifs is 5. The Hall–Kier alpha value is -1.22. The minimum absolute atomic E-state index is 0.211. The van der Waals surface area contributed by atoms with E-state index in [2.05, 4.69) is 4.52 Å². The third kappa shape index (κ3) is 2.95. The van der Waals surface area contributed by atoms with Crippen LogP contribution in [0.2, 0.25) is 0 Å². The molecule has 0 saturated heterocycles. The summed E-state index contributed by atoms with van der Waals surface area (Å²) in [5.41, 5.74) is -5.88. The first-order valence-corrected chi connectivity index (χ1v) is 12.4. The fraction of sp³-hybridized carbons (Fsp3) is 0.727. The number of halogens is 1. The van der Waals surface area contributed by atoms with Crippen LogP contribution >= 0.6 is 7.82 Å². The normalized spacial score (nSPS) is 48.0. The summed E-state index contributed by atoms with van der Waals surface area (Å²) in [7, 11) is -4.93. The van der Waals surface area contributed by atoms with Crippen LogP contribution in [0.4, 0.5) is 4.39 Å². The highest BCUT2D eigenvalue weighted by Gasteiger charge is 2.75. The molecule has 32 heavy (non-hydrogen) atoms. The molecule has 8 atom stereocenters. The van der Waals surface area contributed by atoms with Crippen LogP contribution < -0.4 is 0 Å². The highest BCUT2D eigenvalue weighted by molar-refractivity contribution is 7.46. The zero-order chi connectivity index (χ0) is 23.9. The molecule has 0 aromatic carbocycles. The molecule has 4 N–H and O–H groups in total. The lowest BCUT2D eigenvalue weighted by Crippen LogP contribution is -2.69. The van der Waals surface area contributed by atoms with E-state index >= 15 is 4.39 Å². The lowest BCUT2D eigenvalue weighted by Gasteiger charge is -2.62. The SMILES string of the molecule is C[C@@H]1C[C@H]2[C@@H]3CCC4=CC(=O)C=C[C@]4(C)[C@@]3(F)[C@H](O)C[C@]2(C)[C@@]1(O)C(=O)COP(=O)(O)O. The number of hydrogen-bond acceptors (Lipinski definition) is 6. The molecule has 4 aliphatic carbocycles. The van der Waals surface area contributed by atoms with Gasteiger partial charge in [-0.2, -0.15) is 0 Å². The van der Waals surface area contributed by atoms with Gasteiger partial charge in [-0.05, 0) is 56.6 Å². The maximum Gasteiger partial charge on any atom is 0.470 e. The second kappa shape index (κ2) is 7.14. The van der Waals surface area contributed by atoms with E-state index in [4.69, 9.17) is 9.79 Å². The lowest BCUT2D eigenvalue weighted by molar-refractivity contribution is -0.219. The van der Waals surface area contributed by atoms with Gasteiger partial charge < -0.3 is 20.0 Å². The number of alkyl halides is 1. The monoisotopic (exact) mass is 472 g/mol. The third-order valence-corrected chi connectivity index (χ3v) is 9.48. The Bertz CT molecular complexity index is 973. The number of allylic oxidation sites excluding steroid dienone is 4. The smallest absolute Gasteiger partial charge is 0.390 e. The molecule has 0 aromatic heterocycles. The number of Topliss-reactive ketones (excluding diaryl/α,β-unsaturated/α-hetero) is 1. The van der Waals surface area contributed by atoms with Gasteiger partial charge in [0.15, 0.2) is 17.2 Å². The van der Waals surface area contributed by atoms with Crippen molar-refractivity contribution in [2.75, 3.05) is 6.61 Å². The van der Waals surface area contributed by atoms with E-state index in [9.17, 15) is 24.4 Å². The number of carbonyl (C=O) groups is 2. The molecule has 3 fully saturated rings. The van der Waals surface area contributed by atoms with Gasteiger partial charge in [-0.1, -0.05) is 25.5 Å². The summed E-state index contributed by atoms with van der Waals surface area (Å²) in [4.78, 5) is 42.8. The Morgan fingerprint density at radius 1 is 1.31 bits per heavy atom. The van der Waals surface area contributed by atoms with Crippen LogP contribution in [0.3, 0.4) is 0 Å². The number of rotatable bonds is 4. The maximum absolute atomic E-state index is 17.0. The molecule has 8 nitrogen and oxygen atoms in total. The predicted octanol–water partition coefficient (Wildman–Crippen LogP) is 2.01. The van der Waals surface area contributed by atoms with Crippen molar-refractivity contribution in [3.63, 3.8) is 0 Å². The first-order chi connectivity index (χ1) is 14.6. The number of hydrogen-bond donors (Lipinski definition) is 4. The van der Waals surface area contributed by atoms with Gasteiger partial charge in [0.1, 0.15) is 12.2 Å². The predicted molar refractivity (Wildman–Crippen MR) is 111 cm³/mol. The van der Waals surface area contributed by atoms with Gasteiger partial charge >= 0.3 is 7.82 Å². The summed E-state index contributed by atoms with van der Waals surface area (Å²) in [5, 5.41) is 22.8. The van der Waals surface area contributed by atoms with Crippen molar-refractivity contribution < 1.29 is 43.1 Å². The summed E-state index contributed by atoms with van der Waals surface area (Å²) in [6.07, 6.45) is 3.70. The minimum Gasteiger partial charge on any atom is -0.390 e. The Balaban J connectivity index is 1.74. The molecule has 178 valence electrons. The van der Waals surface area contributed by atoms with Gasteiger partial charge in [0.05, 0.1) is 6.10 Å². The second-order valence-electron chi connectivity index (χ2n) is 10.4. The summed E-state index contributed by atoms with van der Waals surface area (Å²) in [5.74, 6) is -2.87. The van der Waals surface area contributed by atoms with Crippen molar-refractivity contribution in [2.45, 2.75) is 63.8 Å². The topological polar surface area (TPSA) is 141 Å². The number of phosphoric acid groups is 1. The molecule has 0 heterocycles. The van der Waals surface area contributed by atoms with Gasteiger partial charge in [-0.15, -0.1) is 0 Å². The van der Waals surface area contributed by atoms with Crippen LogP contribution in [0, 0.1) is 28.6 Å². The van der Waals surface area contributed by atoms with E-state index in [0.717, 1.165) is 0 Å². The largest absolute Gasteiger partial charge is 0.470 e. The summed E-state index contributed by atoms with van der Waals surface area (Å²) in [6.45, 7) is 4.00. The molecular weight excluding hydrogens is 442 g/mol. The number of aliphatic hydroxyl groups excluding tert-OH is 1. The van der Waals surface area contributed by atoms with Gasteiger partial charge in [-0.3, -0.25) is 14.1 Å². The van der Waals surface area contributed by atoms with Crippen LogP contribution in [0.25, 0.3) is 0 Å². The van der Waals surface area contributed by atoms with Crippen LogP contribution in [-0.2, 0) is 18.7 Å². The Morgan fingerprint density at radius 2 is 1.97 bits per heavy atom. The second-order valence-corrected chi connectivity index (χ2v) is 11.6. The zero-order valence-corrected chi connectivity index (χ0v) is 19.2. The molecule has 3 saturated carbocycles. The maximum atomic E-state index is 17.0. The van der Waals surface area contributed by atoms with Crippen molar-refractivity contribution in [3.05, 3.63) is 23.8 Å². The van der Waals surface area contributed by atoms with Crippen LogP contribution in [0.15, 0.2) is 23.8 Å². The molecular formula is C22H30FO8P. The van der Waals surface area contributed by atoms with E-state index in [-0.39, 0.29) is 12.2 Å². The average molecular weight is 472 g/mol. The number of ketones is 2. The summed E-state index contributed by atoms with van der Waals surface area (Å²) < 4.78 is 32.5. The standard InChI is InChI=1S/C22H30FO8P/c1-12-8-16-15-5-4-13-9-14(24)6-7-19(13,2)21(15,23)17(25)10-20(16,3)22(12,27)18(26)11-31-32(28,29)30/h6-7,9,12,15-17,25,27H,4-5,8,10-11H2,1-3H3,(H2,28,29,30)/t12-,15+,16+,17-,19+,20+,21+,22+/m1/s1. The van der Waals surface area contributed by atoms with E-state index in [1.54, 1.807) is 20.8 Å². The first kappa shape index (κ1) is 23.9. The summed E-state index contributed by atoms with van der Waals surface area (Å²) >= 11 is 0. The number of phosphoric ester groups is 1. The van der Waals surface area contributed by atoms with Gasteiger partial charge in [0.25, 0.3) is 0 Å². The van der Waals surface area contributed by atoms with E-state index in [1.165, 1.54) is 18.2 Å².